The monoisotopic (exact) mass is 309 g/mol. The molecule has 0 spiro atoms. The maximum atomic E-state index is 11.0. The molecule has 0 aromatic heterocycles. The van der Waals surface area contributed by atoms with Crippen LogP contribution in [0.4, 0.5) is 0 Å². The summed E-state index contributed by atoms with van der Waals surface area (Å²) in [6, 6.07) is 0. The molecule has 0 aliphatic rings. The van der Waals surface area contributed by atoms with E-state index in [0.717, 1.165) is 0 Å². The summed E-state index contributed by atoms with van der Waals surface area (Å²) in [5, 5.41) is 3.17. The van der Waals surface area contributed by atoms with Crippen molar-refractivity contribution in [2.45, 2.75) is 64.6 Å². The maximum absolute atomic E-state index is 11.0. The van der Waals surface area contributed by atoms with Crippen LogP contribution < -0.4 is 16.8 Å². The molecule has 0 aliphatic carbocycles. The first-order valence-corrected chi connectivity index (χ1v) is 8.41. The number of rotatable bonds is 8. The smallest absolute Gasteiger partial charge is 0.266 e. The van der Waals surface area contributed by atoms with Gasteiger partial charge in [0.2, 0.25) is 0 Å². The van der Waals surface area contributed by atoms with Crippen LogP contribution in [0.3, 0.4) is 0 Å². The van der Waals surface area contributed by atoms with Crippen LogP contribution in [-0.2, 0) is 10.1 Å². The fourth-order valence-electron chi connectivity index (χ4n) is 2.14. The van der Waals surface area contributed by atoms with Crippen LogP contribution in [0.2, 0.25) is 0 Å². The van der Waals surface area contributed by atoms with Crippen LogP contribution >= 0.6 is 0 Å². The van der Waals surface area contributed by atoms with Crippen LogP contribution in [0.5, 0.6) is 0 Å². The summed E-state index contributed by atoms with van der Waals surface area (Å²) < 4.78 is 30.9. The average molecular weight is 309 g/mol. The number of nitrogens with two attached hydrogens (primary N) is 2. The third kappa shape index (κ3) is 9.66. The standard InChI is InChI=1S/C13H31N3O3S/c1-11(2,14)7-10(13(5,6)15)8-16-12(3,4)9-20(17,18)19/h10,16H,7-9,14-15H2,1-6H3,(H,17,18,19). The predicted molar refractivity (Wildman–Crippen MR) is 83.1 cm³/mol. The van der Waals surface area contributed by atoms with Gasteiger partial charge in [-0.25, -0.2) is 0 Å². The first-order chi connectivity index (χ1) is 8.52. The van der Waals surface area contributed by atoms with Crippen molar-refractivity contribution in [2.75, 3.05) is 12.3 Å². The molecule has 0 heterocycles. The molecule has 1 atom stereocenters. The van der Waals surface area contributed by atoms with Crippen molar-refractivity contribution >= 4 is 10.1 Å². The molecular formula is C13H31N3O3S. The van der Waals surface area contributed by atoms with Crippen LogP contribution in [0.1, 0.15) is 48.0 Å². The van der Waals surface area contributed by atoms with Gasteiger partial charge in [0.25, 0.3) is 10.1 Å². The molecule has 7 heteroatoms. The minimum absolute atomic E-state index is 0.0863. The summed E-state index contributed by atoms with van der Waals surface area (Å²) in [5.41, 5.74) is 10.7. The van der Waals surface area contributed by atoms with Crippen molar-refractivity contribution in [3.63, 3.8) is 0 Å². The Balaban J connectivity index is 4.78. The van der Waals surface area contributed by atoms with Crippen molar-refractivity contribution in [1.29, 1.82) is 0 Å². The summed E-state index contributed by atoms with van der Waals surface area (Å²) in [5.74, 6) is -0.257. The zero-order valence-electron chi connectivity index (χ0n) is 13.5. The Labute approximate surface area is 123 Å². The Morgan fingerprint density at radius 1 is 1.10 bits per heavy atom. The van der Waals surface area contributed by atoms with E-state index in [-0.39, 0.29) is 17.2 Å². The van der Waals surface area contributed by atoms with E-state index in [0.29, 0.717) is 13.0 Å². The highest BCUT2D eigenvalue weighted by atomic mass is 32.2. The first kappa shape index (κ1) is 19.8. The lowest BCUT2D eigenvalue weighted by Gasteiger charge is -2.38. The highest BCUT2D eigenvalue weighted by molar-refractivity contribution is 7.85. The molecule has 122 valence electrons. The lowest BCUT2D eigenvalue weighted by Crippen LogP contribution is -2.54. The van der Waals surface area contributed by atoms with Gasteiger partial charge in [0.05, 0.1) is 5.75 Å². The molecule has 20 heavy (non-hydrogen) atoms. The summed E-state index contributed by atoms with van der Waals surface area (Å²) in [6.45, 7) is 11.7. The van der Waals surface area contributed by atoms with E-state index in [1.165, 1.54) is 0 Å². The molecule has 6 N–H and O–H groups in total. The SMILES string of the molecule is CC(C)(N)CC(CNC(C)(C)CS(=O)(=O)O)C(C)(C)N. The Kier molecular flexibility index (Phi) is 6.21. The Hall–Kier alpha value is -0.210. The molecule has 0 fully saturated rings. The number of hydrogen-bond donors (Lipinski definition) is 4. The van der Waals surface area contributed by atoms with E-state index in [9.17, 15) is 8.42 Å². The van der Waals surface area contributed by atoms with E-state index in [2.05, 4.69) is 5.32 Å². The van der Waals surface area contributed by atoms with Crippen molar-refractivity contribution in [2.24, 2.45) is 17.4 Å². The van der Waals surface area contributed by atoms with E-state index in [1.807, 2.05) is 27.7 Å². The van der Waals surface area contributed by atoms with Gasteiger partial charge >= 0.3 is 0 Å². The third-order valence-electron chi connectivity index (χ3n) is 3.19. The van der Waals surface area contributed by atoms with Crippen LogP contribution in [-0.4, -0.2) is 41.9 Å². The van der Waals surface area contributed by atoms with Crippen molar-refractivity contribution in [3.05, 3.63) is 0 Å². The normalized spacial score (nSPS) is 16.2. The number of hydrogen-bond acceptors (Lipinski definition) is 5. The molecule has 0 aromatic carbocycles. The lowest BCUT2D eigenvalue weighted by molar-refractivity contribution is 0.226. The summed E-state index contributed by atoms with van der Waals surface area (Å²) in [6.07, 6.45) is 0.714. The quantitative estimate of drug-likeness (QED) is 0.491. The number of nitrogens with one attached hydrogen (secondary N) is 1. The molecule has 0 rings (SSSR count). The maximum Gasteiger partial charge on any atom is 0.266 e. The summed E-state index contributed by atoms with van der Waals surface area (Å²) in [4.78, 5) is 0. The second kappa shape index (κ2) is 6.27. The molecular weight excluding hydrogens is 278 g/mol. The van der Waals surface area contributed by atoms with Gasteiger partial charge in [0.1, 0.15) is 0 Å². The Morgan fingerprint density at radius 3 is 1.85 bits per heavy atom. The molecule has 0 saturated heterocycles. The fraction of sp³-hybridized carbons (Fsp3) is 1.00. The zero-order chi connectivity index (χ0) is 16.4. The highest BCUT2D eigenvalue weighted by Crippen LogP contribution is 2.23. The van der Waals surface area contributed by atoms with E-state index in [4.69, 9.17) is 16.0 Å². The van der Waals surface area contributed by atoms with Crippen molar-refractivity contribution in [1.82, 2.24) is 5.32 Å². The molecule has 0 aromatic rings. The summed E-state index contributed by atoms with van der Waals surface area (Å²) >= 11 is 0. The van der Waals surface area contributed by atoms with Gasteiger partial charge in [-0.2, -0.15) is 8.42 Å². The van der Waals surface area contributed by atoms with Crippen molar-refractivity contribution < 1.29 is 13.0 Å². The minimum atomic E-state index is -4.02. The van der Waals surface area contributed by atoms with Gasteiger partial charge in [-0.05, 0) is 53.9 Å². The predicted octanol–water partition coefficient (Wildman–Crippen LogP) is 0.723. The van der Waals surface area contributed by atoms with Crippen LogP contribution in [0.15, 0.2) is 0 Å². The molecule has 0 bridgehead atoms. The Bertz CT molecular complexity index is 406. The molecule has 6 nitrogen and oxygen atoms in total. The molecule has 0 saturated carbocycles. The molecule has 0 aliphatic heterocycles. The van der Waals surface area contributed by atoms with Gasteiger partial charge in [0, 0.05) is 23.2 Å². The van der Waals surface area contributed by atoms with Gasteiger partial charge in [-0.3, -0.25) is 4.55 Å². The largest absolute Gasteiger partial charge is 0.326 e. The Morgan fingerprint density at radius 2 is 1.55 bits per heavy atom. The molecule has 0 radical (unpaired) electrons. The second-order valence-electron chi connectivity index (χ2n) is 7.70. The minimum Gasteiger partial charge on any atom is -0.326 e. The van der Waals surface area contributed by atoms with E-state index in [1.54, 1.807) is 13.8 Å². The molecule has 0 amide bonds. The zero-order valence-corrected chi connectivity index (χ0v) is 14.3. The third-order valence-corrected chi connectivity index (χ3v) is 4.28. The fourth-order valence-corrected chi connectivity index (χ4v) is 3.15. The van der Waals surface area contributed by atoms with E-state index < -0.39 is 21.2 Å². The second-order valence-corrected chi connectivity index (χ2v) is 9.15. The van der Waals surface area contributed by atoms with Gasteiger partial charge < -0.3 is 16.8 Å². The topological polar surface area (TPSA) is 118 Å². The lowest BCUT2D eigenvalue weighted by atomic mass is 9.79. The van der Waals surface area contributed by atoms with Crippen molar-refractivity contribution in [3.8, 4) is 0 Å². The van der Waals surface area contributed by atoms with Gasteiger partial charge in [0.15, 0.2) is 0 Å². The van der Waals surface area contributed by atoms with Crippen LogP contribution in [0.25, 0.3) is 0 Å². The highest BCUT2D eigenvalue weighted by Gasteiger charge is 2.32. The van der Waals surface area contributed by atoms with Gasteiger partial charge in [-0.1, -0.05) is 0 Å². The van der Waals surface area contributed by atoms with Gasteiger partial charge in [-0.15, -0.1) is 0 Å². The molecule has 1 unspecified atom stereocenters. The first-order valence-electron chi connectivity index (χ1n) is 6.80. The van der Waals surface area contributed by atoms with E-state index >= 15 is 0 Å². The summed E-state index contributed by atoms with van der Waals surface area (Å²) in [7, 11) is -4.02. The van der Waals surface area contributed by atoms with Crippen LogP contribution in [0, 0.1) is 5.92 Å². The average Bonchev–Trinajstić information content (AvgIpc) is 2.04.